The minimum atomic E-state index is -0.270. The summed E-state index contributed by atoms with van der Waals surface area (Å²) in [4.78, 5) is 17.1. The van der Waals surface area contributed by atoms with Crippen molar-refractivity contribution in [2.75, 3.05) is 5.75 Å². The van der Waals surface area contributed by atoms with Crippen molar-refractivity contribution in [3.8, 4) is 5.75 Å². The molecule has 8 heteroatoms. The normalized spacial score (nSPS) is 11.2. The summed E-state index contributed by atoms with van der Waals surface area (Å²) in [6, 6.07) is 20.9. The van der Waals surface area contributed by atoms with Gasteiger partial charge in [-0.05, 0) is 47.9 Å². The molecule has 34 heavy (non-hydrogen) atoms. The number of carbonyl (C=O) groups excluding carboxylic acids is 1. The fourth-order valence-corrected chi connectivity index (χ4v) is 4.39. The van der Waals surface area contributed by atoms with Gasteiger partial charge in [0.25, 0.3) is 5.91 Å². The third-order valence-electron chi connectivity index (χ3n) is 5.11. The molecule has 0 saturated carbocycles. The maximum Gasteiger partial charge on any atom is 0.250 e. The Bertz CT molecular complexity index is 1350. The van der Waals surface area contributed by atoms with Crippen molar-refractivity contribution in [3.05, 3.63) is 101 Å². The van der Waals surface area contributed by atoms with Crippen molar-refractivity contribution in [2.45, 2.75) is 18.1 Å². The highest BCUT2D eigenvalue weighted by molar-refractivity contribution is 7.99. The van der Waals surface area contributed by atoms with Gasteiger partial charge in [-0.3, -0.25) is 4.79 Å². The zero-order valence-electron chi connectivity index (χ0n) is 18.3. The molecule has 0 spiro atoms. The number of allylic oxidation sites excluding steroid dienone is 1. The van der Waals surface area contributed by atoms with Gasteiger partial charge in [0, 0.05) is 10.6 Å². The van der Waals surface area contributed by atoms with Gasteiger partial charge in [-0.2, -0.15) is 5.10 Å². The number of nitrogens with zero attached hydrogens (tertiary/aromatic N) is 3. The highest BCUT2D eigenvalue weighted by Gasteiger charge is 2.13. The number of fused-ring (bicyclic) bond motifs is 1. The molecule has 0 aliphatic heterocycles. The molecule has 4 rings (SSSR count). The van der Waals surface area contributed by atoms with Gasteiger partial charge in [0.15, 0.2) is 5.16 Å². The second-order valence-corrected chi connectivity index (χ2v) is 8.90. The van der Waals surface area contributed by atoms with Crippen LogP contribution < -0.4 is 5.43 Å². The molecule has 0 bridgehead atoms. The molecule has 0 saturated heterocycles. The number of nitrogens with one attached hydrogen (secondary N) is 1. The molecular formula is C26H23ClN4O2S. The Labute approximate surface area is 207 Å². The van der Waals surface area contributed by atoms with Gasteiger partial charge >= 0.3 is 0 Å². The second kappa shape index (κ2) is 11.0. The number of carbonyl (C=O) groups is 1. The lowest BCUT2D eigenvalue weighted by Crippen LogP contribution is -2.20. The molecule has 2 N–H and O–H groups in total. The molecule has 1 heterocycles. The lowest BCUT2D eigenvalue weighted by atomic mass is 10.1. The molecule has 0 atom stereocenters. The fourth-order valence-electron chi connectivity index (χ4n) is 3.46. The summed E-state index contributed by atoms with van der Waals surface area (Å²) in [6.07, 6.45) is 3.70. The SMILES string of the molecule is C=CCc1cccc(C=NNC(=O)CSc2nc3ccccc3n2Cc2ccc(Cl)cc2)c1O. The maximum absolute atomic E-state index is 12.4. The van der Waals surface area contributed by atoms with E-state index in [0.29, 0.717) is 23.6 Å². The number of hydrogen-bond acceptors (Lipinski definition) is 5. The number of hydrogen-bond donors (Lipinski definition) is 2. The maximum atomic E-state index is 12.4. The molecule has 4 aromatic rings. The first-order chi connectivity index (χ1) is 16.5. The van der Waals surface area contributed by atoms with Crippen LogP contribution in [-0.4, -0.2) is 32.5 Å². The van der Waals surface area contributed by atoms with E-state index in [1.807, 2.05) is 60.7 Å². The van der Waals surface area contributed by atoms with Crippen molar-refractivity contribution in [1.29, 1.82) is 0 Å². The molecule has 0 radical (unpaired) electrons. The Morgan fingerprint density at radius 1 is 1.15 bits per heavy atom. The fraction of sp³-hybridized carbons (Fsp3) is 0.115. The molecule has 0 unspecified atom stereocenters. The second-order valence-electron chi connectivity index (χ2n) is 7.53. The Hall–Kier alpha value is -3.55. The minimum Gasteiger partial charge on any atom is -0.507 e. The van der Waals surface area contributed by atoms with E-state index in [4.69, 9.17) is 16.6 Å². The molecule has 3 aromatic carbocycles. The summed E-state index contributed by atoms with van der Waals surface area (Å²) >= 11 is 7.36. The standard InChI is InChI=1S/C26H23ClN4O2S/c1-2-6-19-7-5-8-20(25(19)33)15-28-30-24(32)17-34-26-29-22-9-3-4-10-23(22)31(26)16-18-11-13-21(27)14-12-18/h2-5,7-15,33H,1,6,16-17H2,(H,30,32). The third-order valence-corrected chi connectivity index (χ3v) is 6.34. The number of thioether (sulfide) groups is 1. The van der Waals surface area contributed by atoms with Crippen molar-refractivity contribution in [2.24, 2.45) is 5.10 Å². The van der Waals surface area contributed by atoms with Crippen LogP contribution in [0.1, 0.15) is 16.7 Å². The monoisotopic (exact) mass is 490 g/mol. The van der Waals surface area contributed by atoms with E-state index < -0.39 is 0 Å². The summed E-state index contributed by atoms with van der Waals surface area (Å²) in [7, 11) is 0. The number of halogens is 1. The van der Waals surface area contributed by atoms with E-state index in [1.165, 1.54) is 18.0 Å². The first-order valence-corrected chi connectivity index (χ1v) is 12.0. The van der Waals surface area contributed by atoms with E-state index in [-0.39, 0.29) is 17.4 Å². The van der Waals surface area contributed by atoms with Crippen LogP contribution in [0.25, 0.3) is 11.0 Å². The Balaban J connectivity index is 1.43. The van der Waals surface area contributed by atoms with Gasteiger partial charge in [0.1, 0.15) is 5.75 Å². The van der Waals surface area contributed by atoms with Crippen molar-refractivity contribution < 1.29 is 9.90 Å². The minimum absolute atomic E-state index is 0.130. The predicted molar refractivity (Wildman–Crippen MR) is 139 cm³/mol. The number of amides is 1. The zero-order chi connectivity index (χ0) is 23.9. The molecule has 1 aromatic heterocycles. The van der Waals surface area contributed by atoms with Gasteiger partial charge in [-0.15, -0.1) is 6.58 Å². The molecule has 0 aliphatic carbocycles. The lowest BCUT2D eigenvalue weighted by Gasteiger charge is -2.09. The van der Waals surface area contributed by atoms with Crippen LogP contribution in [0.2, 0.25) is 5.02 Å². The van der Waals surface area contributed by atoms with Crippen LogP contribution in [0.5, 0.6) is 5.75 Å². The summed E-state index contributed by atoms with van der Waals surface area (Å²) < 4.78 is 2.09. The van der Waals surface area contributed by atoms with Crippen LogP contribution in [-0.2, 0) is 17.8 Å². The lowest BCUT2D eigenvalue weighted by molar-refractivity contribution is -0.118. The number of aromatic nitrogens is 2. The number of phenolic OH excluding ortho intramolecular Hbond substituents is 1. The average molecular weight is 491 g/mol. The summed E-state index contributed by atoms with van der Waals surface area (Å²) in [5.74, 6) is 0.00260. The number of hydrazone groups is 1. The number of phenols is 1. The highest BCUT2D eigenvalue weighted by Crippen LogP contribution is 2.26. The molecule has 0 aliphatic rings. The topological polar surface area (TPSA) is 79.5 Å². The van der Waals surface area contributed by atoms with Gasteiger partial charge in [-0.1, -0.05) is 65.8 Å². The van der Waals surface area contributed by atoms with Crippen LogP contribution >= 0.6 is 23.4 Å². The van der Waals surface area contributed by atoms with Crippen molar-refractivity contribution in [3.63, 3.8) is 0 Å². The first-order valence-electron chi connectivity index (χ1n) is 10.6. The number of benzene rings is 3. The molecule has 1 amide bonds. The smallest absolute Gasteiger partial charge is 0.250 e. The van der Waals surface area contributed by atoms with E-state index in [9.17, 15) is 9.90 Å². The van der Waals surface area contributed by atoms with Gasteiger partial charge in [0.2, 0.25) is 0 Å². The first kappa shape index (κ1) is 23.6. The van der Waals surface area contributed by atoms with Gasteiger partial charge < -0.3 is 9.67 Å². The number of aromatic hydroxyl groups is 1. The molecule has 0 fully saturated rings. The highest BCUT2D eigenvalue weighted by atomic mass is 35.5. The van der Waals surface area contributed by atoms with E-state index in [1.54, 1.807) is 12.1 Å². The van der Waals surface area contributed by atoms with E-state index >= 15 is 0 Å². The molecule has 6 nitrogen and oxygen atoms in total. The third kappa shape index (κ3) is 5.68. The van der Waals surface area contributed by atoms with E-state index in [2.05, 4.69) is 21.7 Å². The van der Waals surface area contributed by atoms with Gasteiger partial charge in [0.05, 0.1) is 29.5 Å². The van der Waals surface area contributed by atoms with Crippen LogP contribution in [0, 0.1) is 0 Å². The molecule has 172 valence electrons. The van der Waals surface area contributed by atoms with Crippen LogP contribution in [0.3, 0.4) is 0 Å². The summed E-state index contributed by atoms with van der Waals surface area (Å²) in [6.45, 7) is 4.30. The number of imidazole rings is 1. The number of para-hydroxylation sites is 3. The Kier molecular flexibility index (Phi) is 7.67. The zero-order valence-corrected chi connectivity index (χ0v) is 19.9. The van der Waals surface area contributed by atoms with E-state index in [0.717, 1.165) is 27.3 Å². The Morgan fingerprint density at radius 2 is 1.94 bits per heavy atom. The van der Waals surface area contributed by atoms with Crippen molar-refractivity contribution >= 4 is 46.5 Å². The van der Waals surface area contributed by atoms with Crippen LogP contribution in [0.15, 0.2) is 89.6 Å². The Morgan fingerprint density at radius 3 is 2.74 bits per heavy atom. The summed E-state index contributed by atoms with van der Waals surface area (Å²) in [5, 5.41) is 15.7. The average Bonchev–Trinajstić information content (AvgIpc) is 3.19. The quantitative estimate of drug-likeness (QED) is 0.142. The molecular weight excluding hydrogens is 468 g/mol. The number of rotatable bonds is 9. The van der Waals surface area contributed by atoms with Gasteiger partial charge in [-0.25, -0.2) is 10.4 Å². The predicted octanol–water partition coefficient (Wildman–Crippen LogP) is 5.41. The summed E-state index contributed by atoms with van der Waals surface area (Å²) in [5.41, 5.74) is 6.74. The van der Waals surface area contributed by atoms with Crippen molar-refractivity contribution in [1.82, 2.24) is 15.0 Å². The van der Waals surface area contributed by atoms with Crippen LogP contribution in [0.4, 0.5) is 0 Å². The largest absolute Gasteiger partial charge is 0.507 e.